The summed E-state index contributed by atoms with van der Waals surface area (Å²) in [6, 6.07) is 8.07. The first-order valence-corrected chi connectivity index (χ1v) is 6.76. The molecule has 0 spiro atoms. The molecule has 0 saturated carbocycles. The summed E-state index contributed by atoms with van der Waals surface area (Å²) in [6.45, 7) is 5.38. The number of anilines is 2. The number of ether oxygens (including phenoxy) is 2. The van der Waals surface area contributed by atoms with E-state index in [0.717, 1.165) is 17.4 Å². The number of hydrogen-bond acceptors (Lipinski definition) is 4. The normalized spacial score (nSPS) is 12.2. The predicted octanol–water partition coefficient (Wildman–Crippen LogP) is 3.23. The minimum atomic E-state index is 0.229. The van der Waals surface area contributed by atoms with E-state index >= 15 is 0 Å². The molecule has 0 bridgehead atoms. The van der Waals surface area contributed by atoms with Gasteiger partial charge in [-0.15, -0.1) is 0 Å². The van der Waals surface area contributed by atoms with E-state index < -0.39 is 0 Å². The number of aromatic nitrogens is 2. The molecule has 1 atom stereocenters. The molecule has 1 aromatic heterocycles. The molecular formula is C15H21N3O2. The topological polar surface area (TPSA) is 48.3 Å². The average Bonchev–Trinajstić information content (AvgIpc) is 2.90. The van der Waals surface area contributed by atoms with Crippen molar-refractivity contribution in [3.63, 3.8) is 0 Å². The van der Waals surface area contributed by atoms with Crippen LogP contribution in [0.15, 0.2) is 36.7 Å². The second-order valence-electron chi connectivity index (χ2n) is 4.54. The van der Waals surface area contributed by atoms with Gasteiger partial charge in [0.15, 0.2) is 0 Å². The van der Waals surface area contributed by atoms with Crippen molar-refractivity contribution in [2.24, 2.45) is 0 Å². The van der Waals surface area contributed by atoms with E-state index in [-0.39, 0.29) is 6.04 Å². The monoisotopic (exact) mass is 275 g/mol. The Balaban J connectivity index is 2.08. The van der Waals surface area contributed by atoms with Crippen molar-refractivity contribution in [2.75, 3.05) is 25.6 Å². The summed E-state index contributed by atoms with van der Waals surface area (Å²) >= 11 is 0. The summed E-state index contributed by atoms with van der Waals surface area (Å²) in [5.41, 5.74) is 0.977. The maximum absolute atomic E-state index is 5.42. The fourth-order valence-corrected chi connectivity index (χ4v) is 2.02. The molecule has 0 aliphatic rings. The SMILES string of the molecule is CCOc1ccc(Nc2nccn2C(C)COC)cc1. The van der Waals surface area contributed by atoms with Crippen LogP contribution in [0.4, 0.5) is 11.6 Å². The predicted molar refractivity (Wildman–Crippen MR) is 79.7 cm³/mol. The number of imidazole rings is 1. The largest absolute Gasteiger partial charge is 0.494 e. The third kappa shape index (κ3) is 3.51. The Labute approximate surface area is 119 Å². The lowest BCUT2D eigenvalue weighted by Crippen LogP contribution is -2.12. The Bertz CT molecular complexity index is 522. The molecule has 0 fully saturated rings. The summed E-state index contributed by atoms with van der Waals surface area (Å²) in [4.78, 5) is 4.34. The maximum atomic E-state index is 5.42. The molecule has 1 unspecified atom stereocenters. The Hall–Kier alpha value is -2.01. The van der Waals surface area contributed by atoms with E-state index in [1.807, 2.05) is 37.4 Å². The van der Waals surface area contributed by atoms with Crippen LogP contribution in [-0.4, -0.2) is 29.9 Å². The summed E-state index contributed by atoms with van der Waals surface area (Å²) < 4.78 is 12.7. The van der Waals surface area contributed by atoms with Crippen LogP contribution < -0.4 is 10.1 Å². The molecule has 1 N–H and O–H groups in total. The van der Waals surface area contributed by atoms with Crippen molar-refractivity contribution in [1.82, 2.24) is 9.55 Å². The number of nitrogens with one attached hydrogen (secondary N) is 1. The van der Waals surface area contributed by atoms with Gasteiger partial charge in [-0.3, -0.25) is 0 Å². The minimum Gasteiger partial charge on any atom is -0.494 e. The first-order valence-electron chi connectivity index (χ1n) is 6.76. The summed E-state index contributed by atoms with van der Waals surface area (Å²) in [6.07, 6.45) is 3.73. The Kier molecular flexibility index (Phi) is 5.01. The molecule has 20 heavy (non-hydrogen) atoms. The van der Waals surface area contributed by atoms with Crippen molar-refractivity contribution < 1.29 is 9.47 Å². The maximum Gasteiger partial charge on any atom is 0.207 e. The number of hydrogen-bond donors (Lipinski definition) is 1. The fourth-order valence-electron chi connectivity index (χ4n) is 2.02. The van der Waals surface area contributed by atoms with Gasteiger partial charge in [-0.2, -0.15) is 0 Å². The highest BCUT2D eigenvalue weighted by Gasteiger charge is 2.09. The van der Waals surface area contributed by atoms with Crippen molar-refractivity contribution in [1.29, 1.82) is 0 Å². The van der Waals surface area contributed by atoms with Crippen molar-refractivity contribution in [3.8, 4) is 5.75 Å². The third-order valence-corrected chi connectivity index (χ3v) is 2.97. The molecule has 0 radical (unpaired) electrons. The number of benzene rings is 1. The Morgan fingerprint density at radius 1 is 1.30 bits per heavy atom. The summed E-state index contributed by atoms with van der Waals surface area (Å²) in [7, 11) is 1.70. The highest BCUT2D eigenvalue weighted by molar-refractivity contribution is 5.55. The van der Waals surface area contributed by atoms with Gasteiger partial charge >= 0.3 is 0 Å². The van der Waals surface area contributed by atoms with Gasteiger partial charge in [0.25, 0.3) is 0 Å². The van der Waals surface area contributed by atoms with Crippen LogP contribution in [0.5, 0.6) is 5.75 Å². The van der Waals surface area contributed by atoms with Crippen LogP contribution in [0.2, 0.25) is 0 Å². The molecule has 0 amide bonds. The summed E-state index contributed by atoms with van der Waals surface area (Å²) in [5.74, 6) is 1.67. The zero-order chi connectivity index (χ0) is 14.4. The van der Waals surface area contributed by atoms with Gasteiger partial charge in [0.05, 0.1) is 19.3 Å². The van der Waals surface area contributed by atoms with Crippen LogP contribution in [0.1, 0.15) is 19.9 Å². The van der Waals surface area contributed by atoms with Crippen LogP contribution in [0.3, 0.4) is 0 Å². The van der Waals surface area contributed by atoms with E-state index in [2.05, 4.69) is 21.8 Å². The first kappa shape index (κ1) is 14.4. The summed E-state index contributed by atoms with van der Waals surface area (Å²) in [5, 5.41) is 3.30. The van der Waals surface area contributed by atoms with E-state index in [1.165, 1.54) is 0 Å². The van der Waals surface area contributed by atoms with Crippen LogP contribution in [0.25, 0.3) is 0 Å². The van der Waals surface area contributed by atoms with Gasteiger partial charge in [0.1, 0.15) is 5.75 Å². The highest BCUT2D eigenvalue weighted by Crippen LogP contribution is 2.21. The molecule has 0 aliphatic heterocycles. The van der Waals surface area contributed by atoms with Crippen LogP contribution in [-0.2, 0) is 4.74 Å². The van der Waals surface area contributed by atoms with E-state index in [1.54, 1.807) is 13.3 Å². The smallest absolute Gasteiger partial charge is 0.207 e. The molecule has 2 rings (SSSR count). The molecular weight excluding hydrogens is 254 g/mol. The molecule has 0 aliphatic carbocycles. The van der Waals surface area contributed by atoms with Crippen molar-refractivity contribution >= 4 is 11.6 Å². The lowest BCUT2D eigenvalue weighted by molar-refractivity contribution is 0.163. The van der Waals surface area contributed by atoms with Crippen molar-refractivity contribution in [3.05, 3.63) is 36.7 Å². The molecule has 0 saturated heterocycles. The standard InChI is InChI=1S/C15H21N3O2/c1-4-20-14-7-5-13(6-8-14)17-15-16-9-10-18(15)12(2)11-19-3/h5-10,12H,4,11H2,1-3H3,(H,16,17). The molecule has 1 aromatic carbocycles. The van der Waals surface area contributed by atoms with E-state index in [9.17, 15) is 0 Å². The molecule has 5 nitrogen and oxygen atoms in total. The van der Waals surface area contributed by atoms with Crippen molar-refractivity contribution in [2.45, 2.75) is 19.9 Å². The molecule has 1 heterocycles. The quantitative estimate of drug-likeness (QED) is 0.842. The molecule has 5 heteroatoms. The number of nitrogens with zero attached hydrogens (tertiary/aromatic N) is 2. The lowest BCUT2D eigenvalue weighted by atomic mass is 10.3. The third-order valence-electron chi connectivity index (χ3n) is 2.97. The zero-order valence-electron chi connectivity index (χ0n) is 12.2. The molecule has 108 valence electrons. The first-order chi connectivity index (χ1) is 9.74. The Morgan fingerprint density at radius 2 is 2.05 bits per heavy atom. The minimum absolute atomic E-state index is 0.229. The van der Waals surface area contributed by atoms with Gasteiger partial charge in [0.2, 0.25) is 5.95 Å². The van der Waals surface area contributed by atoms with Gasteiger partial charge in [-0.05, 0) is 38.1 Å². The van der Waals surface area contributed by atoms with Gasteiger partial charge in [-0.25, -0.2) is 4.98 Å². The number of methoxy groups -OCH3 is 1. The lowest BCUT2D eigenvalue weighted by Gasteiger charge is -2.16. The second kappa shape index (κ2) is 6.96. The van der Waals surface area contributed by atoms with Crippen LogP contribution in [0, 0.1) is 0 Å². The average molecular weight is 275 g/mol. The second-order valence-corrected chi connectivity index (χ2v) is 4.54. The Morgan fingerprint density at radius 3 is 2.70 bits per heavy atom. The fraction of sp³-hybridized carbons (Fsp3) is 0.400. The van der Waals surface area contributed by atoms with E-state index in [4.69, 9.17) is 9.47 Å². The number of rotatable bonds is 7. The van der Waals surface area contributed by atoms with Gasteiger partial charge in [-0.1, -0.05) is 0 Å². The van der Waals surface area contributed by atoms with Crippen LogP contribution >= 0.6 is 0 Å². The highest BCUT2D eigenvalue weighted by atomic mass is 16.5. The molecule has 2 aromatic rings. The van der Waals surface area contributed by atoms with Gasteiger partial charge in [0, 0.05) is 25.2 Å². The zero-order valence-corrected chi connectivity index (χ0v) is 12.2. The van der Waals surface area contributed by atoms with Gasteiger partial charge < -0.3 is 19.4 Å². The van der Waals surface area contributed by atoms with E-state index in [0.29, 0.717) is 13.2 Å².